The Hall–Kier alpha value is -3.34. The Bertz CT molecular complexity index is 1070. The van der Waals surface area contributed by atoms with Crippen LogP contribution in [0.5, 0.6) is 11.5 Å². The number of nitro benzene ring substituents is 1. The maximum atomic E-state index is 12.9. The molecule has 0 saturated carbocycles. The zero-order chi connectivity index (χ0) is 23.3. The van der Waals surface area contributed by atoms with Crippen molar-refractivity contribution in [3.05, 3.63) is 58.1 Å². The van der Waals surface area contributed by atoms with Crippen molar-refractivity contribution in [2.75, 3.05) is 24.8 Å². The van der Waals surface area contributed by atoms with Crippen molar-refractivity contribution in [3.8, 4) is 11.5 Å². The van der Waals surface area contributed by atoms with E-state index >= 15 is 0 Å². The van der Waals surface area contributed by atoms with Crippen molar-refractivity contribution in [2.24, 2.45) is 0 Å². The lowest BCUT2D eigenvalue weighted by Crippen LogP contribution is -2.48. The molecule has 0 aliphatic rings. The first-order chi connectivity index (χ1) is 14.5. The van der Waals surface area contributed by atoms with Crippen molar-refractivity contribution in [1.82, 2.24) is 5.32 Å². The van der Waals surface area contributed by atoms with Gasteiger partial charge in [-0.25, -0.2) is 8.42 Å². The minimum Gasteiger partial charge on any atom is -0.497 e. The molecule has 0 unspecified atom stereocenters. The SMILES string of the molecule is COc1ccc(OC)c([C@@H](C)NC(=O)[C@H](C)N(c2cccc([N+](=O)[O-])c2)S(C)(=O)=O)c1. The van der Waals surface area contributed by atoms with Gasteiger partial charge in [0, 0.05) is 17.7 Å². The van der Waals surface area contributed by atoms with E-state index in [1.54, 1.807) is 25.1 Å². The molecule has 0 heterocycles. The Balaban J connectivity index is 2.35. The molecule has 10 nitrogen and oxygen atoms in total. The third-order valence-corrected chi connectivity index (χ3v) is 5.89. The quantitative estimate of drug-likeness (QED) is 0.458. The Labute approximate surface area is 181 Å². The van der Waals surface area contributed by atoms with Gasteiger partial charge in [0.2, 0.25) is 15.9 Å². The van der Waals surface area contributed by atoms with Crippen LogP contribution in [0.25, 0.3) is 0 Å². The van der Waals surface area contributed by atoms with Gasteiger partial charge >= 0.3 is 0 Å². The second-order valence-corrected chi connectivity index (χ2v) is 8.71. The van der Waals surface area contributed by atoms with Crippen LogP contribution in [0, 0.1) is 10.1 Å². The second kappa shape index (κ2) is 9.65. The van der Waals surface area contributed by atoms with Gasteiger partial charge in [-0.1, -0.05) is 6.07 Å². The highest BCUT2D eigenvalue weighted by Crippen LogP contribution is 2.30. The highest BCUT2D eigenvalue weighted by molar-refractivity contribution is 7.92. The van der Waals surface area contributed by atoms with Gasteiger partial charge in [0.15, 0.2) is 0 Å². The molecule has 0 bridgehead atoms. The Morgan fingerprint density at radius 1 is 1.13 bits per heavy atom. The summed E-state index contributed by atoms with van der Waals surface area (Å²) in [5.74, 6) is 0.508. The van der Waals surface area contributed by atoms with Crippen molar-refractivity contribution in [2.45, 2.75) is 25.9 Å². The fourth-order valence-electron chi connectivity index (χ4n) is 3.14. The number of carbonyl (C=O) groups excluding carboxylic acids is 1. The van der Waals surface area contributed by atoms with Crippen LogP contribution in [0.15, 0.2) is 42.5 Å². The third kappa shape index (κ3) is 5.63. The monoisotopic (exact) mass is 451 g/mol. The lowest BCUT2D eigenvalue weighted by Gasteiger charge is -2.29. The number of rotatable bonds is 9. The standard InChI is InChI=1S/C20H25N3O7S/c1-13(18-12-17(29-3)9-10-19(18)30-4)21-20(24)14(2)22(31(5,27)28)15-7-6-8-16(11-15)23(25)26/h6-14H,1-5H3,(H,21,24)/t13-,14+/m1/s1. The van der Waals surface area contributed by atoms with Crippen LogP contribution in [0.1, 0.15) is 25.5 Å². The molecule has 0 spiro atoms. The van der Waals surface area contributed by atoms with Crippen molar-refractivity contribution < 1.29 is 27.6 Å². The normalized spacial score (nSPS) is 13.1. The van der Waals surface area contributed by atoms with Gasteiger partial charge < -0.3 is 14.8 Å². The molecule has 1 N–H and O–H groups in total. The zero-order valence-corrected chi connectivity index (χ0v) is 18.7. The summed E-state index contributed by atoms with van der Waals surface area (Å²) in [6, 6.07) is 8.53. The highest BCUT2D eigenvalue weighted by atomic mass is 32.2. The summed E-state index contributed by atoms with van der Waals surface area (Å²) >= 11 is 0. The third-order valence-electron chi connectivity index (χ3n) is 4.65. The summed E-state index contributed by atoms with van der Waals surface area (Å²) in [6.07, 6.45) is 0.935. The number of sulfonamides is 1. The zero-order valence-electron chi connectivity index (χ0n) is 17.9. The van der Waals surface area contributed by atoms with Crippen LogP contribution < -0.4 is 19.1 Å². The van der Waals surface area contributed by atoms with Gasteiger partial charge in [0.05, 0.1) is 37.1 Å². The second-order valence-electron chi connectivity index (χ2n) is 6.85. The van der Waals surface area contributed by atoms with E-state index in [2.05, 4.69) is 5.32 Å². The molecule has 0 aromatic heterocycles. The minimum absolute atomic E-state index is 0.0194. The molecule has 31 heavy (non-hydrogen) atoms. The molecule has 2 rings (SSSR count). The number of hydrogen-bond acceptors (Lipinski definition) is 7. The summed E-state index contributed by atoms with van der Waals surface area (Å²) in [7, 11) is -0.913. The molecular weight excluding hydrogens is 426 g/mol. The molecule has 11 heteroatoms. The first-order valence-corrected chi connectivity index (χ1v) is 11.1. The van der Waals surface area contributed by atoms with E-state index in [1.807, 2.05) is 0 Å². The van der Waals surface area contributed by atoms with E-state index in [0.29, 0.717) is 17.1 Å². The average molecular weight is 452 g/mol. The van der Waals surface area contributed by atoms with Gasteiger partial charge in [-0.05, 0) is 38.1 Å². The molecule has 0 aliphatic heterocycles. The number of anilines is 1. The average Bonchev–Trinajstić information content (AvgIpc) is 2.72. The summed E-state index contributed by atoms with van der Waals surface area (Å²) in [5, 5.41) is 13.8. The van der Waals surface area contributed by atoms with E-state index in [1.165, 1.54) is 39.3 Å². The molecular formula is C20H25N3O7S. The van der Waals surface area contributed by atoms with Crippen molar-refractivity contribution in [1.29, 1.82) is 0 Å². The van der Waals surface area contributed by atoms with Crippen LogP contribution in [-0.4, -0.2) is 45.8 Å². The number of hydrogen-bond donors (Lipinski definition) is 1. The fourth-order valence-corrected chi connectivity index (χ4v) is 4.31. The van der Waals surface area contributed by atoms with Crippen LogP contribution in [0.2, 0.25) is 0 Å². The fraction of sp³-hybridized carbons (Fsp3) is 0.350. The van der Waals surface area contributed by atoms with Crippen LogP contribution in [0.3, 0.4) is 0 Å². The summed E-state index contributed by atoms with van der Waals surface area (Å²) in [6.45, 7) is 3.13. The number of nitro groups is 1. The molecule has 2 aromatic carbocycles. The highest BCUT2D eigenvalue weighted by Gasteiger charge is 2.31. The number of nitrogens with zero attached hydrogens (tertiary/aromatic N) is 2. The van der Waals surface area contributed by atoms with Gasteiger partial charge in [-0.2, -0.15) is 0 Å². The predicted octanol–water partition coefficient (Wildman–Crippen LogP) is 2.64. The van der Waals surface area contributed by atoms with Gasteiger partial charge in [-0.15, -0.1) is 0 Å². The smallest absolute Gasteiger partial charge is 0.271 e. The molecule has 0 saturated heterocycles. The Morgan fingerprint density at radius 3 is 2.35 bits per heavy atom. The number of methoxy groups -OCH3 is 2. The Kier molecular flexibility index (Phi) is 7.45. The Morgan fingerprint density at radius 2 is 1.81 bits per heavy atom. The van der Waals surface area contributed by atoms with Crippen molar-refractivity contribution >= 4 is 27.3 Å². The molecule has 1 amide bonds. The van der Waals surface area contributed by atoms with Crippen LogP contribution in [0.4, 0.5) is 11.4 Å². The molecule has 0 fully saturated rings. The van der Waals surface area contributed by atoms with E-state index in [4.69, 9.17) is 9.47 Å². The minimum atomic E-state index is -3.92. The van der Waals surface area contributed by atoms with Gasteiger partial charge in [-0.3, -0.25) is 19.2 Å². The first kappa shape index (κ1) is 23.9. The topological polar surface area (TPSA) is 128 Å². The van der Waals surface area contributed by atoms with E-state index < -0.39 is 32.9 Å². The number of benzene rings is 2. The number of amides is 1. The summed E-state index contributed by atoms with van der Waals surface area (Å²) in [5.41, 5.74) is 0.378. The number of non-ortho nitro benzene ring substituents is 1. The lowest BCUT2D eigenvalue weighted by molar-refractivity contribution is -0.384. The largest absolute Gasteiger partial charge is 0.497 e. The number of ether oxygens (including phenoxy) is 2. The lowest BCUT2D eigenvalue weighted by atomic mass is 10.1. The number of carbonyl (C=O) groups is 1. The molecule has 2 aromatic rings. The van der Waals surface area contributed by atoms with E-state index in [0.717, 1.165) is 16.6 Å². The maximum absolute atomic E-state index is 12.9. The molecule has 0 aliphatic carbocycles. The van der Waals surface area contributed by atoms with Crippen LogP contribution >= 0.6 is 0 Å². The van der Waals surface area contributed by atoms with Gasteiger partial charge in [0.25, 0.3) is 5.69 Å². The molecule has 0 radical (unpaired) electrons. The summed E-state index contributed by atoms with van der Waals surface area (Å²) in [4.78, 5) is 23.4. The molecule has 168 valence electrons. The first-order valence-electron chi connectivity index (χ1n) is 9.25. The maximum Gasteiger partial charge on any atom is 0.271 e. The predicted molar refractivity (Wildman–Crippen MR) is 116 cm³/mol. The van der Waals surface area contributed by atoms with Gasteiger partial charge in [0.1, 0.15) is 17.5 Å². The number of nitrogens with one attached hydrogen (secondary N) is 1. The van der Waals surface area contributed by atoms with Crippen LogP contribution in [-0.2, 0) is 14.8 Å². The molecule has 2 atom stereocenters. The summed E-state index contributed by atoms with van der Waals surface area (Å²) < 4.78 is 36.3. The van der Waals surface area contributed by atoms with E-state index in [9.17, 15) is 23.3 Å². The van der Waals surface area contributed by atoms with Crippen molar-refractivity contribution in [3.63, 3.8) is 0 Å². The van der Waals surface area contributed by atoms with E-state index in [-0.39, 0.29) is 11.4 Å².